The number of rotatable bonds is 3. The van der Waals surface area contributed by atoms with Crippen molar-refractivity contribution in [2.45, 2.75) is 0 Å². The van der Waals surface area contributed by atoms with E-state index in [1.807, 2.05) is 6.07 Å². The summed E-state index contributed by atoms with van der Waals surface area (Å²) in [5, 5.41) is 0.697. The van der Waals surface area contributed by atoms with Crippen LogP contribution in [0.25, 0.3) is 17.4 Å². The van der Waals surface area contributed by atoms with Gasteiger partial charge in [-0.15, -0.1) is 0 Å². The molecule has 2 heterocycles. The molecular weight excluding hydrogens is 405 g/mol. The molecule has 27 heavy (non-hydrogen) atoms. The summed E-state index contributed by atoms with van der Waals surface area (Å²) >= 11 is 13.1. The molecule has 7 heteroatoms. The van der Waals surface area contributed by atoms with E-state index in [9.17, 15) is 9.59 Å². The first-order valence-corrected chi connectivity index (χ1v) is 9.48. The predicted molar refractivity (Wildman–Crippen MR) is 109 cm³/mol. The number of imide groups is 1. The Hall–Kier alpha value is -2.47. The van der Waals surface area contributed by atoms with Crippen molar-refractivity contribution in [2.75, 3.05) is 4.90 Å². The highest BCUT2D eigenvalue weighted by molar-refractivity contribution is 8.19. The van der Waals surface area contributed by atoms with Crippen molar-refractivity contribution in [3.63, 3.8) is 0 Å². The zero-order chi connectivity index (χ0) is 19.0. The summed E-state index contributed by atoms with van der Waals surface area (Å²) in [6.07, 6.45) is 1.55. The topological polar surface area (TPSA) is 50.5 Å². The van der Waals surface area contributed by atoms with Gasteiger partial charge in [-0.25, -0.2) is 4.90 Å². The Morgan fingerprint density at radius 3 is 2.52 bits per heavy atom. The third kappa shape index (κ3) is 3.54. The zero-order valence-electron chi connectivity index (χ0n) is 13.7. The highest BCUT2D eigenvalue weighted by Crippen LogP contribution is 2.37. The first-order chi connectivity index (χ1) is 13.0. The number of nitrogens with zero attached hydrogens (tertiary/aromatic N) is 1. The van der Waals surface area contributed by atoms with Crippen LogP contribution in [0.1, 0.15) is 5.76 Å². The van der Waals surface area contributed by atoms with Crippen molar-refractivity contribution < 1.29 is 14.0 Å². The number of hydrogen-bond acceptors (Lipinski definition) is 4. The number of anilines is 1. The van der Waals surface area contributed by atoms with Crippen LogP contribution in [0.4, 0.5) is 10.5 Å². The average Bonchev–Trinajstić information content (AvgIpc) is 3.23. The molecule has 0 unspecified atom stereocenters. The second-order valence-corrected chi connectivity index (χ2v) is 7.52. The van der Waals surface area contributed by atoms with Crippen LogP contribution in [0.5, 0.6) is 0 Å². The summed E-state index contributed by atoms with van der Waals surface area (Å²) in [5.74, 6) is 0.588. The van der Waals surface area contributed by atoms with E-state index < -0.39 is 0 Å². The Balaban J connectivity index is 1.63. The minimum atomic E-state index is -0.380. The Kier molecular flexibility index (Phi) is 4.83. The summed E-state index contributed by atoms with van der Waals surface area (Å²) in [6.45, 7) is 0. The zero-order valence-corrected chi connectivity index (χ0v) is 16.0. The highest BCUT2D eigenvalue weighted by Gasteiger charge is 2.36. The van der Waals surface area contributed by atoms with E-state index in [-0.39, 0.29) is 11.1 Å². The molecule has 0 spiro atoms. The second-order valence-electron chi connectivity index (χ2n) is 5.68. The largest absolute Gasteiger partial charge is 0.457 e. The van der Waals surface area contributed by atoms with E-state index in [0.717, 1.165) is 16.7 Å². The lowest BCUT2D eigenvalue weighted by molar-refractivity contribution is -0.113. The molecule has 4 nitrogen and oxygen atoms in total. The fourth-order valence-electron chi connectivity index (χ4n) is 2.66. The lowest BCUT2D eigenvalue weighted by atomic mass is 10.2. The molecule has 134 valence electrons. The van der Waals surface area contributed by atoms with Crippen molar-refractivity contribution in [3.8, 4) is 11.3 Å². The number of benzene rings is 2. The molecule has 1 saturated heterocycles. The summed E-state index contributed by atoms with van der Waals surface area (Å²) in [7, 11) is 0. The maximum Gasteiger partial charge on any atom is 0.298 e. The maximum absolute atomic E-state index is 12.6. The minimum Gasteiger partial charge on any atom is -0.457 e. The van der Waals surface area contributed by atoms with E-state index >= 15 is 0 Å². The lowest BCUT2D eigenvalue weighted by Crippen LogP contribution is -2.27. The van der Waals surface area contributed by atoms with Gasteiger partial charge in [0.05, 0.1) is 15.6 Å². The predicted octanol–water partition coefficient (Wildman–Crippen LogP) is 6.49. The van der Waals surface area contributed by atoms with Gasteiger partial charge in [0.25, 0.3) is 11.1 Å². The van der Waals surface area contributed by atoms with Crippen LogP contribution in [0.15, 0.2) is 70.0 Å². The standard InChI is InChI=1S/C20H11Cl2NO3S/c21-12-6-8-16(22)15(10-12)17-9-7-14(26-17)11-18-19(24)23(20(25)27-18)13-4-2-1-3-5-13/h1-11H/b18-11-. The molecule has 0 radical (unpaired) electrons. The smallest absolute Gasteiger partial charge is 0.298 e. The maximum atomic E-state index is 12.6. The second kappa shape index (κ2) is 7.27. The van der Waals surface area contributed by atoms with Crippen LogP contribution in [0.2, 0.25) is 10.0 Å². The third-order valence-corrected chi connectivity index (χ3v) is 5.34. The number of carbonyl (C=O) groups is 2. The van der Waals surface area contributed by atoms with Gasteiger partial charge in [0.1, 0.15) is 11.5 Å². The number of furan rings is 1. The normalized spacial score (nSPS) is 15.8. The molecule has 4 rings (SSSR count). The molecule has 0 saturated carbocycles. The summed E-state index contributed by atoms with van der Waals surface area (Å²) in [6, 6.07) is 17.3. The van der Waals surface area contributed by atoms with Crippen molar-refractivity contribution in [2.24, 2.45) is 0 Å². The monoisotopic (exact) mass is 415 g/mol. The number of halogens is 2. The highest BCUT2D eigenvalue weighted by atomic mass is 35.5. The molecule has 2 amide bonds. The SMILES string of the molecule is O=C1S/C(=C\c2ccc(-c3cc(Cl)ccc3Cl)o2)C(=O)N1c1ccccc1. The van der Waals surface area contributed by atoms with Crippen molar-refractivity contribution in [1.82, 2.24) is 0 Å². The van der Waals surface area contributed by atoms with E-state index in [4.69, 9.17) is 27.6 Å². The van der Waals surface area contributed by atoms with Crippen molar-refractivity contribution >= 4 is 57.9 Å². The van der Waals surface area contributed by atoms with Gasteiger partial charge in [-0.05, 0) is 54.2 Å². The van der Waals surface area contributed by atoms with Crippen LogP contribution in [0, 0.1) is 0 Å². The Labute approximate surface area is 169 Å². The molecule has 1 aliphatic rings. The van der Waals surface area contributed by atoms with E-state index in [1.165, 1.54) is 0 Å². The van der Waals surface area contributed by atoms with Gasteiger partial charge in [0.15, 0.2) is 0 Å². The van der Waals surface area contributed by atoms with Crippen molar-refractivity contribution in [1.29, 1.82) is 0 Å². The van der Waals surface area contributed by atoms with Crippen LogP contribution in [-0.2, 0) is 4.79 Å². The number of thioether (sulfide) groups is 1. The van der Waals surface area contributed by atoms with Gasteiger partial charge in [-0.1, -0.05) is 41.4 Å². The molecule has 0 aliphatic carbocycles. The molecule has 0 bridgehead atoms. The first kappa shape index (κ1) is 17.9. The third-order valence-electron chi connectivity index (χ3n) is 3.90. The van der Waals surface area contributed by atoms with E-state index in [2.05, 4.69) is 0 Å². The van der Waals surface area contributed by atoms with Gasteiger partial charge in [0.2, 0.25) is 0 Å². The molecule has 0 atom stereocenters. The van der Waals surface area contributed by atoms with Crippen LogP contribution in [-0.4, -0.2) is 11.1 Å². The van der Waals surface area contributed by atoms with Crippen molar-refractivity contribution in [3.05, 3.63) is 81.4 Å². The molecule has 1 aromatic heterocycles. The number of para-hydroxylation sites is 1. The number of carbonyl (C=O) groups excluding carboxylic acids is 2. The molecule has 0 N–H and O–H groups in total. The molecule has 3 aromatic rings. The molecule has 1 fully saturated rings. The lowest BCUT2D eigenvalue weighted by Gasteiger charge is -2.11. The molecular formula is C20H11Cl2NO3S. The van der Waals surface area contributed by atoms with Crippen LogP contribution in [0.3, 0.4) is 0 Å². The van der Waals surface area contributed by atoms with Gasteiger partial charge < -0.3 is 4.42 Å². The first-order valence-electron chi connectivity index (χ1n) is 7.91. The van der Waals surface area contributed by atoms with Gasteiger partial charge in [-0.3, -0.25) is 9.59 Å². The number of amides is 2. The fourth-order valence-corrected chi connectivity index (χ4v) is 3.86. The molecule has 1 aliphatic heterocycles. The summed E-state index contributed by atoms with van der Waals surface area (Å²) in [4.78, 5) is 26.3. The van der Waals surface area contributed by atoms with E-state index in [1.54, 1.807) is 60.7 Å². The van der Waals surface area contributed by atoms with Gasteiger partial charge in [-0.2, -0.15) is 0 Å². The van der Waals surface area contributed by atoms with Gasteiger partial charge in [0, 0.05) is 16.7 Å². The molecule has 2 aromatic carbocycles. The van der Waals surface area contributed by atoms with Gasteiger partial charge >= 0.3 is 0 Å². The fraction of sp³-hybridized carbons (Fsp3) is 0. The summed E-state index contributed by atoms with van der Waals surface area (Å²) < 4.78 is 5.78. The Bertz CT molecular complexity index is 1080. The van der Waals surface area contributed by atoms with Crippen LogP contribution >= 0.6 is 35.0 Å². The Morgan fingerprint density at radius 2 is 1.74 bits per heavy atom. The number of hydrogen-bond donors (Lipinski definition) is 0. The van der Waals surface area contributed by atoms with E-state index in [0.29, 0.717) is 37.7 Å². The average molecular weight is 416 g/mol. The minimum absolute atomic E-state index is 0.293. The van der Waals surface area contributed by atoms with Crippen LogP contribution < -0.4 is 4.90 Å². The summed E-state index contributed by atoms with van der Waals surface area (Å²) in [5.41, 5.74) is 1.19. The quantitative estimate of drug-likeness (QED) is 0.458. The Morgan fingerprint density at radius 1 is 0.963 bits per heavy atom.